The molecule has 2 aromatic rings. The summed E-state index contributed by atoms with van der Waals surface area (Å²) < 4.78 is 14.9. The van der Waals surface area contributed by atoms with Crippen LogP contribution in [0.1, 0.15) is 22.7 Å². The van der Waals surface area contributed by atoms with Gasteiger partial charge in [0.1, 0.15) is 5.82 Å². The Bertz CT molecular complexity index is 626. The first-order valence-electron chi connectivity index (χ1n) is 6.01. The third-order valence-corrected chi connectivity index (χ3v) is 4.54. The predicted molar refractivity (Wildman–Crippen MR) is 86.2 cm³/mol. The number of benzene rings is 2. The van der Waals surface area contributed by atoms with Gasteiger partial charge in [-0.15, -0.1) is 0 Å². The fourth-order valence-electron chi connectivity index (χ4n) is 2.20. The predicted octanol–water partition coefficient (Wildman–Crippen LogP) is 5.51. The number of halogens is 4. The Balaban J connectivity index is 2.55. The largest absolute Gasteiger partial charge is 0.309 e. The van der Waals surface area contributed by atoms with Crippen LogP contribution >= 0.6 is 39.1 Å². The highest BCUT2D eigenvalue weighted by Crippen LogP contribution is 2.33. The minimum absolute atomic E-state index is 0.0847. The second-order valence-electron chi connectivity index (χ2n) is 4.55. The molecule has 2 rings (SSSR count). The van der Waals surface area contributed by atoms with Crippen molar-refractivity contribution in [1.29, 1.82) is 0 Å². The highest BCUT2D eigenvalue weighted by atomic mass is 79.9. The van der Waals surface area contributed by atoms with Gasteiger partial charge >= 0.3 is 0 Å². The molecule has 0 radical (unpaired) electrons. The maximum atomic E-state index is 14.4. The normalized spacial score (nSPS) is 12.5. The number of hydrogen-bond acceptors (Lipinski definition) is 1. The van der Waals surface area contributed by atoms with Crippen molar-refractivity contribution in [3.05, 3.63) is 67.4 Å². The van der Waals surface area contributed by atoms with Gasteiger partial charge in [-0.2, -0.15) is 0 Å². The van der Waals surface area contributed by atoms with E-state index in [0.29, 0.717) is 15.1 Å². The summed E-state index contributed by atoms with van der Waals surface area (Å²) in [4.78, 5) is 0. The maximum absolute atomic E-state index is 14.4. The highest BCUT2D eigenvalue weighted by molar-refractivity contribution is 9.10. The molecule has 0 fully saturated rings. The molecule has 20 heavy (non-hydrogen) atoms. The Morgan fingerprint density at radius 2 is 1.90 bits per heavy atom. The van der Waals surface area contributed by atoms with E-state index >= 15 is 0 Å². The van der Waals surface area contributed by atoms with Gasteiger partial charge in [-0.25, -0.2) is 4.39 Å². The molecular formula is C15H13BrCl2FN. The van der Waals surface area contributed by atoms with Gasteiger partial charge in [0.15, 0.2) is 0 Å². The zero-order valence-corrected chi connectivity index (χ0v) is 14.1. The second kappa shape index (κ2) is 6.44. The molecule has 0 aliphatic carbocycles. The molecule has 1 unspecified atom stereocenters. The van der Waals surface area contributed by atoms with Gasteiger partial charge in [0.2, 0.25) is 0 Å². The minimum Gasteiger partial charge on any atom is -0.309 e. The molecule has 2 aromatic carbocycles. The molecule has 0 aliphatic heterocycles. The smallest absolute Gasteiger partial charge is 0.148 e. The lowest BCUT2D eigenvalue weighted by atomic mass is 9.97. The van der Waals surface area contributed by atoms with Crippen LogP contribution in [0.15, 0.2) is 34.8 Å². The molecular weight excluding hydrogens is 364 g/mol. The Labute approximate surface area is 136 Å². The van der Waals surface area contributed by atoms with Crippen molar-refractivity contribution in [2.75, 3.05) is 7.05 Å². The van der Waals surface area contributed by atoms with Crippen molar-refractivity contribution < 1.29 is 4.39 Å². The van der Waals surface area contributed by atoms with Gasteiger partial charge in [-0.3, -0.25) is 0 Å². The summed E-state index contributed by atoms with van der Waals surface area (Å²) in [7, 11) is 1.77. The molecule has 0 saturated heterocycles. The van der Waals surface area contributed by atoms with Crippen LogP contribution in [-0.4, -0.2) is 7.05 Å². The average Bonchev–Trinajstić information content (AvgIpc) is 2.38. The summed E-state index contributed by atoms with van der Waals surface area (Å²) in [5.74, 6) is -0.432. The van der Waals surface area contributed by atoms with Crippen LogP contribution in [0.5, 0.6) is 0 Å². The van der Waals surface area contributed by atoms with E-state index in [1.54, 1.807) is 19.2 Å². The van der Waals surface area contributed by atoms with E-state index < -0.39 is 5.82 Å². The number of hydrogen-bond donors (Lipinski definition) is 1. The molecule has 0 spiro atoms. The van der Waals surface area contributed by atoms with Crippen LogP contribution in [0.2, 0.25) is 10.0 Å². The van der Waals surface area contributed by atoms with Crippen molar-refractivity contribution >= 4 is 39.1 Å². The lowest BCUT2D eigenvalue weighted by Gasteiger charge is -2.19. The molecule has 0 aromatic heterocycles. The molecule has 0 aliphatic rings. The van der Waals surface area contributed by atoms with Crippen LogP contribution in [-0.2, 0) is 0 Å². The topological polar surface area (TPSA) is 12.0 Å². The number of rotatable bonds is 3. The van der Waals surface area contributed by atoms with Crippen molar-refractivity contribution in [2.45, 2.75) is 13.0 Å². The van der Waals surface area contributed by atoms with Crippen molar-refractivity contribution in [1.82, 2.24) is 5.32 Å². The van der Waals surface area contributed by atoms with Crippen molar-refractivity contribution in [2.24, 2.45) is 0 Å². The van der Waals surface area contributed by atoms with Crippen molar-refractivity contribution in [3.63, 3.8) is 0 Å². The third kappa shape index (κ3) is 3.17. The molecule has 5 heteroatoms. The van der Waals surface area contributed by atoms with E-state index in [4.69, 9.17) is 23.2 Å². The van der Waals surface area contributed by atoms with Crippen LogP contribution in [0, 0.1) is 12.7 Å². The zero-order chi connectivity index (χ0) is 14.9. The van der Waals surface area contributed by atoms with Gasteiger partial charge in [0.25, 0.3) is 0 Å². The van der Waals surface area contributed by atoms with Crippen LogP contribution in [0.4, 0.5) is 4.39 Å². The summed E-state index contributed by atoms with van der Waals surface area (Å²) in [6.07, 6.45) is 0. The van der Waals surface area contributed by atoms with Crippen molar-refractivity contribution in [3.8, 4) is 0 Å². The molecule has 0 amide bonds. The lowest BCUT2D eigenvalue weighted by Crippen LogP contribution is -2.19. The molecule has 0 saturated carbocycles. The third-order valence-electron chi connectivity index (χ3n) is 3.06. The summed E-state index contributed by atoms with van der Waals surface area (Å²) in [5.41, 5.74) is 2.41. The monoisotopic (exact) mass is 375 g/mol. The summed E-state index contributed by atoms with van der Waals surface area (Å²) in [6, 6.07) is 8.81. The Hall–Kier alpha value is -0.610. The Morgan fingerprint density at radius 1 is 1.20 bits per heavy atom. The number of aryl methyl sites for hydroxylation is 1. The van der Waals surface area contributed by atoms with Gasteiger partial charge in [-0.1, -0.05) is 35.3 Å². The molecule has 1 nitrogen and oxygen atoms in total. The van der Waals surface area contributed by atoms with E-state index in [9.17, 15) is 4.39 Å². The first-order chi connectivity index (χ1) is 9.43. The summed E-state index contributed by atoms with van der Waals surface area (Å²) in [6.45, 7) is 1.95. The Morgan fingerprint density at radius 3 is 2.50 bits per heavy atom. The van der Waals surface area contributed by atoms with E-state index in [2.05, 4.69) is 21.2 Å². The fourth-order valence-corrected chi connectivity index (χ4v) is 2.97. The van der Waals surface area contributed by atoms with Gasteiger partial charge < -0.3 is 5.32 Å². The summed E-state index contributed by atoms with van der Waals surface area (Å²) in [5, 5.41) is 3.82. The van der Waals surface area contributed by atoms with Gasteiger partial charge in [-0.05, 0) is 59.2 Å². The standard InChI is InChI=1S/C15H13BrCl2FN/c1-8-5-9(7-10(17)6-8)15(20-2)11-3-4-12(16)13(18)14(11)19/h3-7,15,20H,1-2H3. The lowest BCUT2D eigenvalue weighted by molar-refractivity contribution is 0.575. The second-order valence-corrected chi connectivity index (χ2v) is 6.22. The fraction of sp³-hybridized carbons (Fsp3) is 0.200. The quantitative estimate of drug-likeness (QED) is 0.696. The first kappa shape index (κ1) is 15.8. The van der Waals surface area contributed by atoms with E-state index in [0.717, 1.165) is 11.1 Å². The Kier molecular flexibility index (Phi) is 5.08. The molecule has 0 bridgehead atoms. The zero-order valence-electron chi connectivity index (χ0n) is 11.0. The van der Waals surface area contributed by atoms with E-state index in [1.807, 2.05) is 25.1 Å². The molecule has 1 atom stereocenters. The van der Waals surface area contributed by atoms with Gasteiger partial charge in [0, 0.05) is 15.1 Å². The molecule has 1 N–H and O–H groups in total. The van der Waals surface area contributed by atoms with E-state index in [-0.39, 0.29) is 11.1 Å². The van der Waals surface area contributed by atoms with Gasteiger partial charge in [0.05, 0.1) is 11.1 Å². The first-order valence-corrected chi connectivity index (χ1v) is 7.56. The average molecular weight is 377 g/mol. The number of nitrogens with one attached hydrogen (secondary N) is 1. The molecule has 0 heterocycles. The molecule has 106 valence electrons. The highest BCUT2D eigenvalue weighted by Gasteiger charge is 2.20. The maximum Gasteiger partial charge on any atom is 0.148 e. The van der Waals surface area contributed by atoms with Crippen LogP contribution in [0.3, 0.4) is 0 Å². The minimum atomic E-state index is -0.432. The summed E-state index contributed by atoms with van der Waals surface area (Å²) >= 11 is 15.3. The SMILES string of the molecule is CNC(c1cc(C)cc(Cl)c1)c1ccc(Br)c(Cl)c1F. The van der Waals surface area contributed by atoms with E-state index in [1.165, 1.54) is 0 Å². The van der Waals surface area contributed by atoms with Crippen LogP contribution < -0.4 is 5.32 Å². The van der Waals surface area contributed by atoms with Crippen LogP contribution in [0.25, 0.3) is 0 Å².